The average molecular weight is 623 g/mol. The molecular weight excluding hydrogens is 593 g/mol. The zero-order chi connectivity index (χ0) is 31.0. The molecule has 0 radical (unpaired) electrons. The van der Waals surface area contributed by atoms with Crippen LogP contribution in [0.3, 0.4) is 0 Å². The number of nitrogens with zero attached hydrogens (tertiary/aromatic N) is 2. The molecule has 1 N–H and O–H groups in total. The fourth-order valence-electron chi connectivity index (χ4n) is 6.90. The zero-order valence-corrected chi connectivity index (χ0v) is 23.5. The van der Waals surface area contributed by atoms with Crippen molar-refractivity contribution in [3.8, 4) is 0 Å². The summed E-state index contributed by atoms with van der Waals surface area (Å²) in [5.41, 5.74) is -6.96. The molecule has 14 heteroatoms. The molecule has 0 saturated carbocycles. The van der Waals surface area contributed by atoms with Crippen LogP contribution in [0.2, 0.25) is 0 Å². The molecule has 2 aliphatic heterocycles. The number of hydrogen-bond donors (Lipinski definition) is 1. The molecule has 0 aromatic heterocycles. The third kappa shape index (κ3) is 4.27. The van der Waals surface area contributed by atoms with Crippen molar-refractivity contribution >= 4 is 15.7 Å². The number of rotatable bonds is 4. The number of likely N-dealkylation sites (N-methyl/N-ethyl adjacent to an activating group) is 1. The minimum atomic E-state index is -6.32. The van der Waals surface area contributed by atoms with Gasteiger partial charge in [0.15, 0.2) is 9.84 Å². The number of hydrogen-bond acceptors (Lipinski definition) is 5. The molecule has 6 nitrogen and oxygen atoms in total. The number of fused-ring (bicyclic) bond motifs is 3. The Bertz CT molecular complexity index is 1500. The second-order valence-electron chi connectivity index (χ2n) is 11.3. The van der Waals surface area contributed by atoms with E-state index >= 15 is 0 Å². The minimum Gasteiger partial charge on any atom is -0.378 e. The van der Waals surface area contributed by atoms with Gasteiger partial charge >= 0.3 is 18.0 Å². The number of amides is 1. The number of aliphatic hydroxyl groups excluding tert-OH is 1. The molecule has 2 aromatic carbocycles. The molecule has 3 aliphatic rings. The molecule has 2 heterocycles. The molecule has 42 heavy (non-hydrogen) atoms. The van der Waals surface area contributed by atoms with E-state index in [9.17, 15) is 49.1 Å². The number of aliphatic hydroxyl groups is 1. The first kappa shape index (κ1) is 30.7. The Balaban J connectivity index is 1.69. The maximum atomic E-state index is 15.0. The lowest BCUT2D eigenvalue weighted by Gasteiger charge is -2.43. The number of benzene rings is 2. The van der Waals surface area contributed by atoms with Gasteiger partial charge in [-0.3, -0.25) is 9.69 Å². The van der Waals surface area contributed by atoms with E-state index in [1.165, 1.54) is 28.0 Å². The van der Waals surface area contributed by atoms with Crippen molar-refractivity contribution < 1.29 is 49.1 Å². The predicted molar refractivity (Wildman–Crippen MR) is 137 cm³/mol. The van der Waals surface area contributed by atoms with E-state index in [1.807, 2.05) is 0 Å². The van der Waals surface area contributed by atoms with Crippen LogP contribution in [-0.4, -0.2) is 73.5 Å². The van der Waals surface area contributed by atoms with Gasteiger partial charge in [-0.1, -0.05) is 30.3 Å². The van der Waals surface area contributed by atoms with E-state index in [4.69, 9.17) is 0 Å². The molecule has 2 saturated heterocycles. The van der Waals surface area contributed by atoms with E-state index in [0.29, 0.717) is 30.5 Å². The van der Waals surface area contributed by atoms with E-state index in [2.05, 4.69) is 0 Å². The molecule has 0 spiro atoms. The van der Waals surface area contributed by atoms with Gasteiger partial charge in [-0.2, -0.15) is 26.3 Å². The molecule has 1 amide bonds. The van der Waals surface area contributed by atoms with Crippen molar-refractivity contribution in [1.82, 2.24) is 9.80 Å². The summed E-state index contributed by atoms with van der Waals surface area (Å²) >= 11 is 0. The highest BCUT2D eigenvalue weighted by molar-refractivity contribution is 7.92. The first-order valence-electron chi connectivity index (χ1n) is 13.4. The van der Waals surface area contributed by atoms with Gasteiger partial charge in [0.25, 0.3) is 0 Å². The highest BCUT2D eigenvalue weighted by Crippen LogP contribution is 2.57. The van der Waals surface area contributed by atoms with Crippen LogP contribution in [0.1, 0.15) is 47.9 Å². The molecule has 3 unspecified atom stereocenters. The minimum absolute atomic E-state index is 0.0473. The number of aryl methyl sites for hydroxylation is 2. The zero-order valence-electron chi connectivity index (χ0n) is 22.6. The lowest BCUT2D eigenvalue weighted by atomic mass is 9.76. The van der Waals surface area contributed by atoms with E-state index in [-0.39, 0.29) is 41.8 Å². The van der Waals surface area contributed by atoms with E-state index in [0.717, 1.165) is 6.07 Å². The van der Waals surface area contributed by atoms with Crippen LogP contribution < -0.4 is 0 Å². The second-order valence-corrected chi connectivity index (χ2v) is 13.5. The average Bonchev–Trinajstić information content (AvgIpc) is 3.47. The summed E-state index contributed by atoms with van der Waals surface area (Å²) in [7, 11) is -2.85. The van der Waals surface area contributed by atoms with Gasteiger partial charge in [-0.15, -0.1) is 0 Å². The summed E-state index contributed by atoms with van der Waals surface area (Å²) in [5, 5.41) is 10.2. The first-order chi connectivity index (χ1) is 19.4. The Hall–Kier alpha value is -2.71. The van der Waals surface area contributed by atoms with Gasteiger partial charge in [0.1, 0.15) is 11.0 Å². The first-order valence-corrected chi connectivity index (χ1v) is 14.8. The van der Waals surface area contributed by atoms with Crippen LogP contribution in [-0.2, 0) is 31.5 Å². The summed E-state index contributed by atoms with van der Waals surface area (Å²) in [6, 6.07) is 5.86. The summed E-state index contributed by atoms with van der Waals surface area (Å²) < 4.78 is 123. The van der Waals surface area contributed by atoms with E-state index < -0.39 is 62.4 Å². The van der Waals surface area contributed by atoms with Crippen LogP contribution in [0.5, 0.6) is 0 Å². The van der Waals surface area contributed by atoms with Gasteiger partial charge in [0.05, 0.1) is 17.0 Å². The number of alkyl halides is 7. The molecule has 1 aliphatic carbocycles. The molecule has 5 rings (SSSR count). The molecule has 2 fully saturated rings. The van der Waals surface area contributed by atoms with Crippen LogP contribution in [0.25, 0.3) is 0 Å². The summed E-state index contributed by atoms with van der Waals surface area (Å²) in [4.78, 5) is 16.5. The fourth-order valence-corrected chi connectivity index (χ4v) is 9.37. The van der Waals surface area contributed by atoms with Gasteiger partial charge in [0, 0.05) is 12.1 Å². The summed E-state index contributed by atoms with van der Waals surface area (Å²) in [6.07, 6.45) is -13.3. The number of halogens is 7. The number of carbonyl (C=O) groups is 1. The highest BCUT2D eigenvalue weighted by atomic mass is 32.2. The van der Waals surface area contributed by atoms with Crippen LogP contribution >= 0.6 is 0 Å². The Morgan fingerprint density at radius 1 is 0.976 bits per heavy atom. The predicted octanol–water partition coefficient (Wildman–Crippen LogP) is 4.91. The summed E-state index contributed by atoms with van der Waals surface area (Å²) in [5.74, 6) is -0.419. The lowest BCUT2D eigenvalue weighted by Crippen LogP contribution is -2.55. The lowest BCUT2D eigenvalue weighted by molar-refractivity contribution is -0.348. The van der Waals surface area contributed by atoms with Crippen molar-refractivity contribution in [2.45, 2.75) is 85.0 Å². The van der Waals surface area contributed by atoms with Crippen molar-refractivity contribution in [2.75, 3.05) is 13.6 Å². The van der Waals surface area contributed by atoms with E-state index in [1.54, 1.807) is 20.0 Å². The third-order valence-electron chi connectivity index (χ3n) is 9.07. The monoisotopic (exact) mass is 622 g/mol. The molecular formula is C28H29F7N2O4S. The normalized spacial score (nSPS) is 27.2. The Kier molecular flexibility index (Phi) is 7.25. The fraction of sp³-hybridized carbons (Fsp3) is 0.536. The van der Waals surface area contributed by atoms with Crippen molar-refractivity contribution in [3.63, 3.8) is 0 Å². The van der Waals surface area contributed by atoms with Crippen molar-refractivity contribution in [2.24, 2.45) is 0 Å². The van der Waals surface area contributed by atoms with Crippen LogP contribution in [0.4, 0.5) is 30.7 Å². The quantitative estimate of drug-likeness (QED) is 0.491. The summed E-state index contributed by atoms with van der Waals surface area (Å²) in [6.45, 7) is 1.62. The molecule has 4 atom stereocenters. The molecule has 0 bridgehead atoms. The third-order valence-corrected chi connectivity index (χ3v) is 11.6. The smallest absolute Gasteiger partial charge is 0.378 e. The maximum absolute atomic E-state index is 15.0. The number of sulfone groups is 1. The standard InChI is InChI=1S/C28H29F7N2O4S/c1-16-4-3-5-19(14-16)42(40,41)25-12-13-37(24(39)21-9-11-23(38)36(21)2)22(25)10-6-17-15-18(7-8-20(17)25)26(29,27(30,31)32)28(33,34)35/h3-5,7-8,14-15,21-23,38H,6,9-13H2,1-2H3/t21-,22?,23?,25?/m0/s1. The largest absolute Gasteiger partial charge is 0.435 e. The number of carbonyl (C=O) groups excluding carboxylic acids is 1. The second kappa shape index (κ2) is 9.91. The van der Waals surface area contributed by atoms with Crippen LogP contribution in [0, 0.1) is 6.92 Å². The maximum Gasteiger partial charge on any atom is 0.435 e. The Morgan fingerprint density at radius 3 is 2.21 bits per heavy atom. The SMILES string of the molecule is Cc1cccc(S(=O)(=O)C23CCN(C(=O)[C@@H]4CCC(O)N4C)C2CCc2cc(C(F)(C(F)(F)F)C(F)(F)F)ccc23)c1. The number of likely N-dealkylation sites (tertiary alicyclic amines) is 2. The highest BCUT2D eigenvalue weighted by Gasteiger charge is 2.74. The molecule has 2 aromatic rings. The van der Waals surface area contributed by atoms with Gasteiger partial charge in [-0.05, 0) is 74.9 Å². The van der Waals surface area contributed by atoms with Gasteiger partial charge in [-0.25, -0.2) is 12.8 Å². The topological polar surface area (TPSA) is 77.9 Å². The Labute approximate surface area is 238 Å². The van der Waals surface area contributed by atoms with Crippen molar-refractivity contribution in [1.29, 1.82) is 0 Å². The van der Waals surface area contributed by atoms with Crippen LogP contribution in [0.15, 0.2) is 47.4 Å². The Morgan fingerprint density at radius 2 is 1.64 bits per heavy atom. The van der Waals surface area contributed by atoms with Gasteiger partial charge < -0.3 is 10.0 Å². The van der Waals surface area contributed by atoms with Crippen molar-refractivity contribution in [3.05, 3.63) is 64.7 Å². The molecule has 230 valence electrons. The van der Waals surface area contributed by atoms with Gasteiger partial charge in [0.2, 0.25) is 5.91 Å².